The van der Waals surface area contributed by atoms with Gasteiger partial charge >= 0.3 is 0 Å². The zero-order valence-electron chi connectivity index (χ0n) is 6.60. The third kappa shape index (κ3) is 0.687. The molecule has 11 heavy (non-hydrogen) atoms. The Kier molecular flexibility index (Phi) is 1.04. The first kappa shape index (κ1) is 6.40. The molecule has 3 aliphatic rings. The Labute approximate surface area is 65.9 Å². The molecule has 1 N–H and O–H groups in total. The Morgan fingerprint density at radius 2 is 1.82 bits per heavy atom. The summed E-state index contributed by atoms with van der Waals surface area (Å²) in [5, 5.41) is 9.46. The lowest BCUT2D eigenvalue weighted by atomic mass is 10.00. The summed E-state index contributed by atoms with van der Waals surface area (Å²) in [5.74, 6) is 0. The van der Waals surface area contributed by atoms with Crippen molar-refractivity contribution < 1.29 is 9.84 Å². The van der Waals surface area contributed by atoms with Crippen molar-refractivity contribution in [3.8, 4) is 0 Å². The minimum Gasteiger partial charge on any atom is -0.393 e. The Morgan fingerprint density at radius 1 is 1.27 bits per heavy atom. The van der Waals surface area contributed by atoms with Crippen LogP contribution in [0.2, 0.25) is 0 Å². The van der Waals surface area contributed by atoms with Crippen molar-refractivity contribution in [2.45, 2.75) is 43.2 Å². The van der Waals surface area contributed by atoms with E-state index < -0.39 is 0 Å². The zero-order valence-corrected chi connectivity index (χ0v) is 6.60. The minimum absolute atomic E-state index is 0.0717. The fourth-order valence-electron chi connectivity index (χ4n) is 2.72. The second-order valence-electron chi connectivity index (χ2n) is 3.99. The molecule has 3 heteroatoms. The Bertz CT molecular complexity index is 179. The van der Waals surface area contributed by atoms with Crippen LogP contribution in [0.5, 0.6) is 0 Å². The summed E-state index contributed by atoms with van der Waals surface area (Å²) in [4.78, 5) is 2.38. The van der Waals surface area contributed by atoms with Crippen LogP contribution in [-0.2, 0) is 4.74 Å². The lowest BCUT2D eigenvalue weighted by Crippen LogP contribution is -2.46. The maximum absolute atomic E-state index is 9.46. The van der Waals surface area contributed by atoms with Crippen LogP contribution in [0, 0.1) is 0 Å². The molecule has 5 atom stereocenters. The molecular formula is C8H13NO2. The highest BCUT2D eigenvalue weighted by Gasteiger charge is 2.62. The number of likely N-dealkylation sites (N-methyl/N-ethyl adjacent to an activating group) is 1. The summed E-state index contributed by atoms with van der Waals surface area (Å²) in [6.07, 6.45) is 2.67. The largest absolute Gasteiger partial charge is 0.393 e. The van der Waals surface area contributed by atoms with Gasteiger partial charge in [-0.3, -0.25) is 4.90 Å². The number of rotatable bonds is 0. The third-order valence-electron chi connectivity index (χ3n) is 3.39. The Balaban J connectivity index is 1.90. The topological polar surface area (TPSA) is 36.0 Å². The molecule has 3 rings (SSSR count). The quantitative estimate of drug-likeness (QED) is 0.483. The summed E-state index contributed by atoms with van der Waals surface area (Å²) < 4.78 is 5.49. The van der Waals surface area contributed by atoms with Crippen molar-refractivity contribution in [3.63, 3.8) is 0 Å². The standard InChI is InChI=1S/C8H13NO2/c1-9-5-2-4(10)3-6(9)8-7(5)11-8/h4-8,10H,2-3H2,1H3/t4?,5-,6?,7-,8?/m0/s1. The number of aliphatic hydroxyl groups is 1. The molecule has 3 heterocycles. The highest BCUT2D eigenvalue weighted by molar-refractivity contribution is 5.13. The van der Waals surface area contributed by atoms with Gasteiger partial charge in [-0.05, 0) is 19.9 Å². The van der Waals surface area contributed by atoms with Gasteiger partial charge in [-0.25, -0.2) is 0 Å². The summed E-state index contributed by atoms with van der Waals surface area (Å²) in [7, 11) is 2.15. The lowest BCUT2D eigenvalue weighted by Gasteiger charge is -2.36. The molecule has 0 radical (unpaired) electrons. The van der Waals surface area contributed by atoms with E-state index in [2.05, 4.69) is 11.9 Å². The maximum Gasteiger partial charge on any atom is 0.101 e. The molecule has 3 fully saturated rings. The number of nitrogens with zero attached hydrogens (tertiary/aromatic N) is 1. The first-order valence-electron chi connectivity index (χ1n) is 4.33. The Morgan fingerprint density at radius 3 is 2.36 bits per heavy atom. The second kappa shape index (κ2) is 1.79. The minimum atomic E-state index is -0.0717. The molecule has 62 valence electrons. The molecule has 3 aliphatic heterocycles. The predicted octanol–water partition coefficient (Wildman–Crippen LogP) is -0.409. The van der Waals surface area contributed by atoms with Gasteiger partial charge < -0.3 is 9.84 Å². The molecule has 0 spiro atoms. The van der Waals surface area contributed by atoms with Gasteiger partial charge in [0.15, 0.2) is 0 Å². The summed E-state index contributed by atoms with van der Waals surface area (Å²) in [6, 6.07) is 1.02. The van der Waals surface area contributed by atoms with E-state index in [1.807, 2.05) is 0 Å². The molecular weight excluding hydrogens is 142 g/mol. The molecule has 3 saturated heterocycles. The number of epoxide rings is 1. The number of piperidine rings is 1. The zero-order chi connectivity index (χ0) is 7.59. The third-order valence-corrected chi connectivity index (χ3v) is 3.39. The van der Waals surface area contributed by atoms with Gasteiger partial charge in [0.1, 0.15) is 12.2 Å². The lowest BCUT2D eigenvalue weighted by molar-refractivity contribution is 0.00149. The maximum atomic E-state index is 9.46. The number of hydrogen-bond donors (Lipinski definition) is 1. The predicted molar refractivity (Wildman–Crippen MR) is 39.2 cm³/mol. The van der Waals surface area contributed by atoms with Crippen molar-refractivity contribution in [3.05, 3.63) is 0 Å². The van der Waals surface area contributed by atoms with Crippen molar-refractivity contribution in [2.24, 2.45) is 0 Å². The van der Waals surface area contributed by atoms with E-state index in [4.69, 9.17) is 4.74 Å². The van der Waals surface area contributed by atoms with Gasteiger partial charge in [0.25, 0.3) is 0 Å². The van der Waals surface area contributed by atoms with Gasteiger partial charge in [-0.2, -0.15) is 0 Å². The number of aliphatic hydroxyl groups excluding tert-OH is 1. The van der Waals surface area contributed by atoms with E-state index in [0.29, 0.717) is 24.3 Å². The second-order valence-corrected chi connectivity index (χ2v) is 3.99. The average Bonchev–Trinajstić information content (AvgIpc) is 2.66. The fraction of sp³-hybridized carbons (Fsp3) is 1.00. The monoisotopic (exact) mass is 155 g/mol. The summed E-state index contributed by atoms with van der Waals surface area (Å²) in [5.41, 5.74) is 0. The van der Waals surface area contributed by atoms with Crippen LogP contribution in [0.3, 0.4) is 0 Å². The Hall–Kier alpha value is -0.120. The van der Waals surface area contributed by atoms with Crippen LogP contribution in [-0.4, -0.2) is 47.4 Å². The summed E-state index contributed by atoms with van der Waals surface area (Å²) in [6.45, 7) is 0. The van der Waals surface area contributed by atoms with Crippen molar-refractivity contribution in [1.29, 1.82) is 0 Å². The van der Waals surface area contributed by atoms with Crippen molar-refractivity contribution in [1.82, 2.24) is 4.90 Å². The van der Waals surface area contributed by atoms with Crippen LogP contribution >= 0.6 is 0 Å². The SMILES string of the molecule is CN1C2CC(O)C[C@H]1[C@@H]1OC21. The van der Waals surface area contributed by atoms with Gasteiger partial charge in [0.2, 0.25) is 0 Å². The molecule has 0 saturated carbocycles. The normalized spacial score (nSPS) is 61.1. The highest BCUT2D eigenvalue weighted by atomic mass is 16.6. The fourth-order valence-corrected chi connectivity index (χ4v) is 2.72. The highest BCUT2D eigenvalue weighted by Crippen LogP contribution is 2.47. The van der Waals surface area contributed by atoms with Crippen LogP contribution in [0.25, 0.3) is 0 Å². The van der Waals surface area contributed by atoms with E-state index in [0.717, 1.165) is 12.8 Å². The van der Waals surface area contributed by atoms with E-state index in [1.54, 1.807) is 0 Å². The van der Waals surface area contributed by atoms with Crippen LogP contribution in [0.15, 0.2) is 0 Å². The van der Waals surface area contributed by atoms with E-state index >= 15 is 0 Å². The van der Waals surface area contributed by atoms with E-state index in [9.17, 15) is 5.11 Å². The molecule has 3 unspecified atom stereocenters. The molecule has 0 aromatic heterocycles. The van der Waals surface area contributed by atoms with Gasteiger partial charge in [-0.15, -0.1) is 0 Å². The number of ether oxygens (including phenoxy) is 1. The first-order valence-corrected chi connectivity index (χ1v) is 4.33. The smallest absolute Gasteiger partial charge is 0.101 e. The van der Waals surface area contributed by atoms with Crippen LogP contribution in [0.1, 0.15) is 12.8 Å². The molecule has 2 bridgehead atoms. The molecule has 0 amide bonds. The number of morpholine rings is 1. The summed E-state index contributed by atoms with van der Waals surface area (Å²) >= 11 is 0. The van der Waals surface area contributed by atoms with Crippen molar-refractivity contribution in [2.75, 3.05) is 7.05 Å². The van der Waals surface area contributed by atoms with Gasteiger partial charge in [0.05, 0.1) is 6.10 Å². The van der Waals surface area contributed by atoms with E-state index in [-0.39, 0.29) is 6.10 Å². The van der Waals surface area contributed by atoms with Crippen LogP contribution < -0.4 is 0 Å². The van der Waals surface area contributed by atoms with E-state index in [1.165, 1.54) is 0 Å². The molecule has 0 aliphatic carbocycles. The average molecular weight is 155 g/mol. The number of hydrogen-bond acceptors (Lipinski definition) is 3. The van der Waals surface area contributed by atoms with Gasteiger partial charge in [-0.1, -0.05) is 0 Å². The first-order chi connectivity index (χ1) is 5.27. The van der Waals surface area contributed by atoms with Gasteiger partial charge in [0, 0.05) is 12.1 Å². The van der Waals surface area contributed by atoms with Crippen molar-refractivity contribution >= 4 is 0 Å². The molecule has 0 aromatic rings. The molecule has 3 nitrogen and oxygen atoms in total. The molecule has 0 aromatic carbocycles. The number of fused-ring (bicyclic) bond motifs is 5. The van der Waals surface area contributed by atoms with Crippen LogP contribution in [0.4, 0.5) is 0 Å².